The van der Waals surface area contributed by atoms with E-state index < -0.39 is 29.0 Å². The van der Waals surface area contributed by atoms with Gasteiger partial charge in [0.15, 0.2) is 11.4 Å². The second-order valence-electron chi connectivity index (χ2n) is 7.76. The van der Waals surface area contributed by atoms with E-state index in [1.807, 2.05) is 0 Å². The summed E-state index contributed by atoms with van der Waals surface area (Å²) in [5.74, 6) is 3.26. The molecule has 1 saturated heterocycles. The summed E-state index contributed by atoms with van der Waals surface area (Å²) >= 11 is 0. The van der Waals surface area contributed by atoms with Gasteiger partial charge < -0.3 is 21.1 Å². The molecule has 1 aliphatic heterocycles. The van der Waals surface area contributed by atoms with E-state index >= 15 is 0 Å². The molecule has 0 bridgehead atoms. The fraction of sp³-hybridized carbons (Fsp3) is 0.333. The Morgan fingerprint density at radius 1 is 1.32 bits per heavy atom. The smallest absolute Gasteiger partial charge is 0.271 e. The number of hydrogen-bond donors (Lipinski definition) is 3. The topological polar surface area (TPSA) is 131 Å². The first kappa shape index (κ1) is 20.6. The lowest BCUT2D eigenvalue weighted by molar-refractivity contribution is -0.137. The number of anilines is 1. The number of amides is 3. The van der Waals surface area contributed by atoms with E-state index in [1.165, 1.54) is 15.8 Å². The number of nitrogens with zero attached hydrogens (tertiary/aromatic N) is 3. The van der Waals surface area contributed by atoms with Gasteiger partial charge in [-0.25, -0.2) is 9.07 Å². The number of likely N-dealkylation sites (tertiary alicyclic amines) is 1. The molecule has 4 N–H and O–H groups in total. The van der Waals surface area contributed by atoms with Crippen molar-refractivity contribution in [3.05, 3.63) is 41.7 Å². The minimum atomic E-state index is -1.92. The number of aliphatic hydroxyl groups is 1. The molecule has 160 valence electrons. The molecule has 1 atom stereocenters. The van der Waals surface area contributed by atoms with Gasteiger partial charge in [0.1, 0.15) is 0 Å². The third-order valence-corrected chi connectivity index (χ3v) is 5.33. The number of nitrogens with one attached hydrogen (secondary N) is 1. The molecule has 1 saturated carbocycles. The van der Waals surface area contributed by atoms with Crippen LogP contribution in [0.2, 0.25) is 0 Å². The summed E-state index contributed by atoms with van der Waals surface area (Å²) in [4.78, 5) is 37.2. The molecule has 1 unspecified atom stereocenters. The van der Waals surface area contributed by atoms with Gasteiger partial charge in [-0.3, -0.25) is 14.4 Å². The highest BCUT2D eigenvalue weighted by atomic mass is 19.1. The van der Waals surface area contributed by atoms with Gasteiger partial charge in [-0.05, 0) is 31.0 Å². The van der Waals surface area contributed by atoms with Crippen LogP contribution in [0.15, 0.2) is 30.5 Å². The van der Waals surface area contributed by atoms with Gasteiger partial charge in [-0.1, -0.05) is 17.9 Å². The maximum Gasteiger partial charge on any atom is 0.271 e. The molecule has 0 spiro atoms. The molecule has 3 amide bonds. The second kappa shape index (κ2) is 7.21. The third kappa shape index (κ3) is 3.87. The SMILES string of the molecule is CN1CCC(O)(C#Cc2cccc(-n3cc(NC(=O)C4(F)CC4)c(C(N)=O)n3)c2)C1=O. The van der Waals surface area contributed by atoms with E-state index in [1.54, 1.807) is 31.3 Å². The molecule has 2 heterocycles. The minimum absolute atomic E-state index is 0.00631. The summed E-state index contributed by atoms with van der Waals surface area (Å²) in [6.07, 6.45) is 1.84. The van der Waals surface area contributed by atoms with Crippen LogP contribution < -0.4 is 11.1 Å². The van der Waals surface area contributed by atoms with Crippen LogP contribution in [0.5, 0.6) is 0 Å². The molecule has 2 aliphatic rings. The van der Waals surface area contributed by atoms with Crippen LogP contribution in [0.4, 0.5) is 10.1 Å². The lowest BCUT2D eigenvalue weighted by Crippen LogP contribution is -2.37. The molecule has 2 fully saturated rings. The highest BCUT2D eigenvalue weighted by Gasteiger charge is 2.51. The molecule has 1 aromatic heterocycles. The lowest BCUT2D eigenvalue weighted by atomic mass is 10.0. The van der Waals surface area contributed by atoms with Gasteiger partial charge in [-0.2, -0.15) is 5.10 Å². The average molecular weight is 425 g/mol. The van der Waals surface area contributed by atoms with Crippen molar-refractivity contribution >= 4 is 23.4 Å². The number of carbonyl (C=O) groups excluding carboxylic acids is 3. The molecule has 9 nitrogen and oxygen atoms in total. The molecule has 31 heavy (non-hydrogen) atoms. The summed E-state index contributed by atoms with van der Waals surface area (Å²) in [5, 5.41) is 16.9. The number of rotatable bonds is 4. The molecule has 0 radical (unpaired) electrons. The van der Waals surface area contributed by atoms with Crippen LogP contribution in [-0.4, -0.2) is 62.4 Å². The largest absolute Gasteiger partial charge is 0.369 e. The zero-order valence-electron chi connectivity index (χ0n) is 16.7. The van der Waals surface area contributed by atoms with Crippen molar-refractivity contribution in [1.82, 2.24) is 14.7 Å². The van der Waals surface area contributed by atoms with Crippen molar-refractivity contribution in [2.75, 3.05) is 18.9 Å². The highest BCUT2D eigenvalue weighted by Crippen LogP contribution is 2.40. The summed E-state index contributed by atoms with van der Waals surface area (Å²) < 4.78 is 15.3. The van der Waals surface area contributed by atoms with Crippen LogP contribution in [-0.2, 0) is 9.59 Å². The number of alkyl halides is 1. The zero-order valence-corrected chi connectivity index (χ0v) is 16.7. The maximum absolute atomic E-state index is 14.0. The van der Waals surface area contributed by atoms with Crippen LogP contribution in [0.3, 0.4) is 0 Å². The first-order valence-corrected chi connectivity index (χ1v) is 9.63. The van der Waals surface area contributed by atoms with Gasteiger partial charge in [0.2, 0.25) is 5.60 Å². The summed E-state index contributed by atoms with van der Waals surface area (Å²) in [6.45, 7) is 0.419. The van der Waals surface area contributed by atoms with Crippen molar-refractivity contribution < 1.29 is 23.9 Å². The summed E-state index contributed by atoms with van der Waals surface area (Å²) in [6, 6.07) is 6.66. The van der Waals surface area contributed by atoms with Crippen molar-refractivity contribution in [2.45, 2.75) is 30.5 Å². The standard InChI is InChI=1S/C21H20FN5O4/c1-26-10-9-21(31,19(26)30)6-5-13-3-2-4-14(11-13)27-12-15(16(25-27)17(23)28)24-18(29)20(22)7-8-20/h2-4,11-12,31H,7-10H2,1H3,(H2,23,28)(H,24,29). The first-order valence-electron chi connectivity index (χ1n) is 9.63. The molecule has 4 rings (SSSR count). The average Bonchev–Trinajstić information content (AvgIpc) is 3.27. The quantitative estimate of drug-likeness (QED) is 0.609. The molecule has 1 aliphatic carbocycles. The highest BCUT2D eigenvalue weighted by molar-refractivity contribution is 6.05. The number of primary amides is 1. The third-order valence-electron chi connectivity index (χ3n) is 5.33. The van der Waals surface area contributed by atoms with E-state index in [9.17, 15) is 23.9 Å². The van der Waals surface area contributed by atoms with Crippen molar-refractivity contribution in [1.29, 1.82) is 0 Å². The molecule has 2 aromatic rings. The Hall–Kier alpha value is -3.71. The minimum Gasteiger partial charge on any atom is -0.369 e. The predicted molar refractivity (Wildman–Crippen MR) is 108 cm³/mol. The number of nitrogens with two attached hydrogens (primary N) is 1. The van der Waals surface area contributed by atoms with Crippen LogP contribution in [0.1, 0.15) is 35.3 Å². The number of likely N-dealkylation sites (N-methyl/N-ethyl adjacent to an activating group) is 1. The van der Waals surface area contributed by atoms with E-state index in [0.29, 0.717) is 17.8 Å². The molecular weight excluding hydrogens is 405 g/mol. The van der Waals surface area contributed by atoms with Crippen molar-refractivity contribution in [3.8, 4) is 17.5 Å². The van der Waals surface area contributed by atoms with Gasteiger partial charge in [-0.15, -0.1) is 0 Å². The Kier molecular flexibility index (Phi) is 4.78. The molecule has 10 heteroatoms. The lowest BCUT2D eigenvalue weighted by Gasteiger charge is -2.13. The first-order chi connectivity index (χ1) is 14.6. The van der Waals surface area contributed by atoms with Gasteiger partial charge in [0.05, 0.1) is 17.6 Å². The van der Waals surface area contributed by atoms with Gasteiger partial charge in [0, 0.05) is 25.6 Å². The van der Waals surface area contributed by atoms with Crippen molar-refractivity contribution in [2.24, 2.45) is 5.73 Å². The fourth-order valence-corrected chi connectivity index (χ4v) is 3.22. The van der Waals surface area contributed by atoms with E-state index in [-0.39, 0.29) is 30.6 Å². The summed E-state index contributed by atoms with van der Waals surface area (Å²) in [5.41, 5.74) is 2.49. The predicted octanol–water partition coefficient (Wildman–Crippen LogP) is 0.356. The zero-order chi connectivity index (χ0) is 22.4. The van der Waals surface area contributed by atoms with E-state index in [0.717, 1.165) is 0 Å². The summed E-state index contributed by atoms with van der Waals surface area (Å²) in [7, 11) is 1.60. The number of benzene rings is 1. The van der Waals surface area contributed by atoms with Crippen LogP contribution in [0, 0.1) is 11.8 Å². The Morgan fingerprint density at radius 3 is 2.68 bits per heavy atom. The molecule has 1 aromatic carbocycles. The Labute approximate surface area is 177 Å². The Morgan fingerprint density at radius 2 is 2.06 bits per heavy atom. The van der Waals surface area contributed by atoms with Gasteiger partial charge >= 0.3 is 0 Å². The van der Waals surface area contributed by atoms with E-state index in [2.05, 4.69) is 22.3 Å². The molecular formula is C21H20FN5O4. The monoisotopic (exact) mass is 425 g/mol. The Balaban J connectivity index is 1.62. The number of halogens is 1. The fourth-order valence-electron chi connectivity index (χ4n) is 3.22. The maximum atomic E-state index is 14.0. The number of hydrogen-bond acceptors (Lipinski definition) is 5. The Bertz CT molecular complexity index is 1160. The van der Waals surface area contributed by atoms with E-state index in [4.69, 9.17) is 5.73 Å². The van der Waals surface area contributed by atoms with Crippen LogP contribution >= 0.6 is 0 Å². The number of carbonyl (C=O) groups is 3. The van der Waals surface area contributed by atoms with Crippen LogP contribution in [0.25, 0.3) is 5.69 Å². The normalized spacial score (nSPS) is 21.4. The number of aromatic nitrogens is 2. The van der Waals surface area contributed by atoms with Crippen molar-refractivity contribution in [3.63, 3.8) is 0 Å². The van der Waals surface area contributed by atoms with Gasteiger partial charge in [0.25, 0.3) is 17.7 Å². The second-order valence-corrected chi connectivity index (χ2v) is 7.76.